The molecule has 1 aromatic heterocycles. The van der Waals surface area contributed by atoms with Gasteiger partial charge in [0.2, 0.25) is 0 Å². The number of hydrogen-bond acceptors (Lipinski definition) is 3. The van der Waals surface area contributed by atoms with Crippen molar-refractivity contribution in [3.8, 4) is 0 Å². The predicted octanol–water partition coefficient (Wildman–Crippen LogP) is 5.42. The Labute approximate surface area is 143 Å². The normalized spacial score (nSPS) is 16.3. The van der Waals surface area contributed by atoms with Crippen LogP contribution in [0.4, 0.5) is 22.9 Å². The minimum Gasteiger partial charge on any atom is -0.317 e. The summed E-state index contributed by atoms with van der Waals surface area (Å²) in [4.78, 5) is 9.49. The SMILES string of the molecule is CCC1N(c2ccccc2)c2cccnc2N1c1ccccc1C. The van der Waals surface area contributed by atoms with Crippen LogP contribution in [-0.4, -0.2) is 11.1 Å². The fraction of sp³-hybridized carbons (Fsp3) is 0.190. The van der Waals surface area contributed by atoms with E-state index in [9.17, 15) is 0 Å². The van der Waals surface area contributed by atoms with Gasteiger partial charge < -0.3 is 9.80 Å². The molecule has 0 spiro atoms. The van der Waals surface area contributed by atoms with E-state index < -0.39 is 0 Å². The van der Waals surface area contributed by atoms with Gasteiger partial charge in [0.05, 0.1) is 5.69 Å². The maximum atomic E-state index is 4.72. The quantitative estimate of drug-likeness (QED) is 0.643. The molecular weight excluding hydrogens is 294 g/mol. The largest absolute Gasteiger partial charge is 0.317 e. The highest BCUT2D eigenvalue weighted by Gasteiger charge is 2.37. The summed E-state index contributed by atoms with van der Waals surface area (Å²) in [5.41, 5.74) is 4.86. The van der Waals surface area contributed by atoms with Gasteiger partial charge in [0.1, 0.15) is 6.17 Å². The Kier molecular flexibility index (Phi) is 3.69. The molecule has 0 bridgehead atoms. The Morgan fingerprint density at radius 3 is 2.29 bits per heavy atom. The molecular formula is C21H21N3. The number of aromatic nitrogens is 1. The molecule has 2 heterocycles. The Hall–Kier alpha value is -2.81. The Balaban J connectivity index is 1.91. The van der Waals surface area contributed by atoms with Gasteiger partial charge in [-0.15, -0.1) is 0 Å². The van der Waals surface area contributed by atoms with Crippen molar-refractivity contribution in [1.29, 1.82) is 0 Å². The molecule has 1 atom stereocenters. The van der Waals surface area contributed by atoms with E-state index in [-0.39, 0.29) is 6.17 Å². The van der Waals surface area contributed by atoms with Gasteiger partial charge in [-0.25, -0.2) is 4.98 Å². The van der Waals surface area contributed by atoms with Crippen molar-refractivity contribution in [2.24, 2.45) is 0 Å². The van der Waals surface area contributed by atoms with Gasteiger partial charge in [0.25, 0.3) is 0 Å². The first kappa shape index (κ1) is 14.8. The number of nitrogens with zero attached hydrogens (tertiary/aromatic N) is 3. The molecule has 4 rings (SSSR count). The molecule has 3 nitrogen and oxygen atoms in total. The summed E-state index contributed by atoms with van der Waals surface area (Å²) in [7, 11) is 0. The number of pyridine rings is 1. The van der Waals surface area contributed by atoms with Gasteiger partial charge in [0, 0.05) is 17.6 Å². The van der Waals surface area contributed by atoms with Gasteiger partial charge in [0.15, 0.2) is 5.82 Å². The molecule has 0 fully saturated rings. The van der Waals surface area contributed by atoms with Gasteiger partial charge in [-0.1, -0.05) is 43.3 Å². The standard InChI is InChI=1S/C21H21N3/c1-3-20-23(17-11-5-4-6-12-17)19-14-9-15-22-21(19)24(20)18-13-8-7-10-16(18)2/h4-15,20H,3H2,1-2H3. The summed E-state index contributed by atoms with van der Waals surface area (Å²) in [6, 6.07) is 23.3. The minimum absolute atomic E-state index is 0.221. The van der Waals surface area contributed by atoms with Crippen LogP contribution in [0.3, 0.4) is 0 Å². The number of hydrogen-bond donors (Lipinski definition) is 0. The topological polar surface area (TPSA) is 19.4 Å². The monoisotopic (exact) mass is 315 g/mol. The molecule has 0 amide bonds. The van der Waals surface area contributed by atoms with Crippen LogP contribution in [0.15, 0.2) is 72.9 Å². The van der Waals surface area contributed by atoms with Crippen LogP contribution in [-0.2, 0) is 0 Å². The molecule has 0 aliphatic carbocycles. The molecule has 2 aromatic carbocycles. The molecule has 1 unspecified atom stereocenters. The van der Waals surface area contributed by atoms with E-state index in [0.717, 1.165) is 12.2 Å². The smallest absolute Gasteiger partial charge is 0.158 e. The fourth-order valence-electron chi connectivity index (χ4n) is 3.55. The fourth-order valence-corrected chi connectivity index (χ4v) is 3.55. The van der Waals surface area contributed by atoms with Crippen molar-refractivity contribution in [3.05, 3.63) is 78.5 Å². The zero-order chi connectivity index (χ0) is 16.5. The number of para-hydroxylation sites is 2. The number of rotatable bonds is 3. The van der Waals surface area contributed by atoms with Crippen molar-refractivity contribution in [1.82, 2.24) is 4.98 Å². The second-order valence-electron chi connectivity index (χ2n) is 6.10. The van der Waals surface area contributed by atoms with E-state index in [4.69, 9.17) is 4.98 Å². The summed E-state index contributed by atoms with van der Waals surface area (Å²) in [6.07, 6.45) is 3.10. The van der Waals surface area contributed by atoms with Crippen LogP contribution in [0.2, 0.25) is 0 Å². The van der Waals surface area contributed by atoms with Crippen LogP contribution in [0, 0.1) is 6.92 Å². The molecule has 120 valence electrons. The number of fused-ring (bicyclic) bond motifs is 1. The maximum Gasteiger partial charge on any atom is 0.158 e. The molecule has 24 heavy (non-hydrogen) atoms. The second kappa shape index (κ2) is 6.00. The van der Waals surface area contributed by atoms with E-state index in [1.54, 1.807) is 0 Å². The van der Waals surface area contributed by atoms with Gasteiger partial charge in [-0.05, 0) is 49.2 Å². The maximum absolute atomic E-state index is 4.72. The highest BCUT2D eigenvalue weighted by molar-refractivity contribution is 5.86. The average molecular weight is 315 g/mol. The zero-order valence-electron chi connectivity index (χ0n) is 14.1. The molecule has 0 radical (unpaired) electrons. The first-order chi connectivity index (χ1) is 11.8. The van der Waals surface area contributed by atoms with E-state index in [2.05, 4.69) is 84.3 Å². The summed E-state index contributed by atoms with van der Waals surface area (Å²) in [6.45, 7) is 4.40. The van der Waals surface area contributed by atoms with Crippen molar-refractivity contribution in [2.45, 2.75) is 26.4 Å². The van der Waals surface area contributed by atoms with Crippen molar-refractivity contribution >= 4 is 22.9 Å². The van der Waals surface area contributed by atoms with E-state index >= 15 is 0 Å². The Morgan fingerprint density at radius 2 is 1.54 bits per heavy atom. The van der Waals surface area contributed by atoms with Crippen LogP contribution < -0.4 is 9.80 Å². The van der Waals surface area contributed by atoms with Crippen LogP contribution in [0.25, 0.3) is 0 Å². The summed E-state index contributed by atoms with van der Waals surface area (Å²) in [5, 5.41) is 0. The van der Waals surface area contributed by atoms with Gasteiger partial charge >= 0.3 is 0 Å². The van der Waals surface area contributed by atoms with E-state index in [1.165, 1.54) is 22.6 Å². The highest BCUT2D eigenvalue weighted by atomic mass is 15.4. The lowest BCUT2D eigenvalue weighted by Gasteiger charge is -2.32. The average Bonchev–Trinajstić information content (AvgIpc) is 2.97. The predicted molar refractivity (Wildman–Crippen MR) is 100 cm³/mol. The molecule has 0 N–H and O–H groups in total. The first-order valence-corrected chi connectivity index (χ1v) is 8.45. The molecule has 0 saturated carbocycles. The molecule has 1 aliphatic heterocycles. The molecule has 3 aromatic rings. The van der Waals surface area contributed by atoms with Crippen molar-refractivity contribution < 1.29 is 0 Å². The number of aryl methyl sites for hydroxylation is 1. The van der Waals surface area contributed by atoms with E-state index in [0.29, 0.717) is 0 Å². The zero-order valence-corrected chi connectivity index (χ0v) is 14.1. The second-order valence-corrected chi connectivity index (χ2v) is 6.10. The van der Waals surface area contributed by atoms with Crippen molar-refractivity contribution in [2.75, 3.05) is 9.80 Å². The lowest BCUT2D eigenvalue weighted by atomic mass is 10.1. The number of benzene rings is 2. The van der Waals surface area contributed by atoms with Crippen LogP contribution in [0.5, 0.6) is 0 Å². The molecule has 0 saturated heterocycles. The van der Waals surface area contributed by atoms with E-state index in [1.807, 2.05) is 12.3 Å². The Bertz CT molecular complexity index is 844. The summed E-state index contributed by atoms with van der Waals surface area (Å²) in [5.74, 6) is 1.03. The molecule has 1 aliphatic rings. The number of anilines is 4. The third kappa shape index (κ3) is 2.24. The molecule has 3 heteroatoms. The first-order valence-electron chi connectivity index (χ1n) is 8.45. The lowest BCUT2D eigenvalue weighted by molar-refractivity contribution is 0.663. The summed E-state index contributed by atoms with van der Waals surface area (Å²) < 4.78 is 0. The third-order valence-corrected chi connectivity index (χ3v) is 4.62. The minimum atomic E-state index is 0.221. The van der Waals surface area contributed by atoms with Gasteiger partial charge in [-0.3, -0.25) is 0 Å². The van der Waals surface area contributed by atoms with Crippen LogP contribution in [0.1, 0.15) is 18.9 Å². The Morgan fingerprint density at radius 1 is 0.833 bits per heavy atom. The lowest BCUT2D eigenvalue weighted by Crippen LogP contribution is -2.38. The van der Waals surface area contributed by atoms with Gasteiger partial charge in [-0.2, -0.15) is 0 Å². The van der Waals surface area contributed by atoms with Crippen molar-refractivity contribution in [3.63, 3.8) is 0 Å². The van der Waals surface area contributed by atoms with Crippen LogP contribution >= 0.6 is 0 Å². The third-order valence-electron chi connectivity index (χ3n) is 4.62. The summed E-state index contributed by atoms with van der Waals surface area (Å²) >= 11 is 0. The highest BCUT2D eigenvalue weighted by Crippen LogP contribution is 2.47.